The number of rotatable bonds is 5. The molecule has 202 valence electrons. The van der Waals surface area contributed by atoms with Gasteiger partial charge in [0.25, 0.3) is 0 Å². The van der Waals surface area contributed by atoms with Gasteiger partial charge in [-0.3, -0.25) is 0 Å². The molecule has 0 aliphatic carbocycles. The highest BCUT2D eigenvalue weighted by atomic mass is 35.5. The van der Waals surface area contributed by atoms with E-state index in [2.05, 4.69) is 20.2 Å². The fourth-order valence-electron chi connectivity index (χ4n) is 4.21. The van der Waals surface area contributed by atoms with Gasteiger partial charge in [-0.2, -0.15) is 5.10 Å². The van der Waals surface area contributed by atoms with Crippen LogP contribution in [0.1, 0.15) is 5.56 Å². The molecule has 0 bridgehead atoms. The smallest absolute Gasteiger partial charge is 0.232 e. The molecule has 0 N–H and O–H groups in total. The van der Waals surface area contributed by atoms with Crippen molar-refractivity contribution in [2.75, 3.05) is 0 Å². The van der Waals surface area contributed by atoms with E-state index in [0.29, 0.717) is 27.7 Å². The van der Waals surface area contributed by atoms with Crippen molar-refractivity contribution in [1.82, 2.24) is 29.2 Å². The third-order valence-corrected chi connectivity index (χ3v) is 6.81. The predicted molar refractivity (Wildman–Crippen MR) is 163 cm³/mol. The molecule has 0 unspecified atom stereocenters. The number of halogens is 3. The summed E-state index contributed by atoms with van der Waals surface area (Å²) in [6.45, 7) is 0.473. The normalized spacial score (nSPS) is 10.9. The summed E-state index contributed by atoms with van der Waals surface area (Å²) in [4.78, 5) is 8.65. The molecule has 7 rings (SSSR count). The van der Waals surface area contributed by atoms with Crippen molar-refractivity contribution in [2.24, 2.45) is 0 Å². The number of benzene rings is 3. The third kappa shape index (κ3) is 6.18. The lowest BCUT2D eigenvalue weighted by Gasteiger charge is -2.07. The Morgan fingerprint density at radius 2 is 1.17 bits per heavy atom. The van der Waals surface area contributed by atoms with Gasteiger partial charge in [0.15, 0.2) is 11.3 Å². The molecule has 0 saturated carbocycles. The van der Waals surface area contributed by atoms with Gasteiger partial charge in [0, 0.05) is 27.2 Å². The third-order valence-electron chi connectivity index (χ3n) is 6.14. The molecule has 3 aromatic carbocycles. The van der Waals surface area contributed by atoms with Gasteiger partial charge in [0.2, 0.25) is 5.88 Å². The molecule has 0 amide bonds. The summed E-state index contributed by atoms with van der Waals surface area (Å²) in [6, 6.07) is 32.4. The molecule has 10 heteroatoms. The molecule has 0 aliphatic heterocycles. The molecule has 4 aromatic heterocycles. The SMILES string of the molecule is Clc1cccc(-c2cnc3ccc(Cl)nn23)c1.Clc1cccc(-c2cnc3ccc(OCc4ccccc4)nn23)c1. The van der Waals surface area contributed by atoms with E-state index in [0.717, 1.165) is 39.4 Å². The van der Waals surface area contributed by atoms with Crippen molar-refractivity contribution in [3.05, 3.63) is 136 Å². The van der Waals surface area contributed by atoms with Crippen LogP contribution in [0.3, 0.4) is 0 Å². The lowest BCUT2D eigenvalue weighted by atomic mass is 10.2. The first-order valence-corrected chi connectivity index (χ1v) is 13.7. The standard InChI is InChI=1S/C19H14ClN3O.C12H7Cl2N3/c20-16-8-4-7-15(11-16)17-12-21-18-9-10-19(22-23(17)18)24-13-14-5-2-1-3-6-14;13-9-3-1-2-8(6-9)10-7-15-12-5-4-11(14)16-17(10)12/h1-12H,13H2;1-7H. The molecule has 0 aliphatic rings. The second-order valence-corrected chi connectivity index (χ2v) is 10.2. The summed E-state index contributed by atoms with van der Waals surface area (Å²) in [6.07, 6.45) is 3.54. The molecule has 7 aromatic rings. The van der Waals surface area contributed by atoms with Crippen LogP contribution in [-0.4, -0.2) is 29.2 Å². The van der Waals surface area contributed by atoms with Crippen LogP contribution in [-0.2, 0) is 6.61 Å². The second-order valence-electron chi connectivity index (χ2n) is 8.95. The van der Waals surface area contributed by atoms with E-state index < -0.39 is 0 Å². The van der Waals surface area contributed by atoms with E-state index in [1.54, 1.807) is 27.5 Å². The van der Waals surface area contributed by atoms with Gasteiger partial charge in [-0.1, -0.05) is 89.4 Å². The van der Waals surface area contributed by atoms with Crippen molar-refractivity contribution in [1.29, 1.82) is 0 Å². The summed E-state index contributed by atoms with van der Waals surface area (Å²) < 4.78 is 9.27. The lowest BCUT2D eigenvalue weighted by Crippen LogP contribution is -2.01. The molecule has 0 radical (unpaired) electrons. The van der Waals surface area contributed by atoms with Crippen LogP contribution < -0.4 is 4.74 Å². The predicted octanol–water partition coefficient (Wildman–Crippen LogP) is 8.33. The van der Waals surface area contributed by atoms with Gasteiger partial charge in [-0.15, -0.1) is 5.10 Å². The van der Waals surface area contributed by atoms with Crippen molar-refractivity contribution in [3.8, 4) is 28.4 Å². The topological polar surface area (TPSA) is 69.6 Å². The highest BCUT2D eigenvalue weighted by molar-refractivity contribution is 6.31. The molecule has 0 atom stereocenters. The van der Waals surface area contributed by atoms with Crippen LogP contribution in [0.15, 0.2) is 116 Å². The molecular weight excluding hydrogens is 579 g/mol. The zero-order chi connectivity index (χ0) is 28.2. The summed E-state index contributed by atoms with van der Waals surface area (Å²) in [5.41, 5.74) is 6.27. The molecule has 4 heterocycles. The molecule has 41 heavy (non-hydrogen) atoms. The van der Waals surface area contributed by atoms with Gasteiger partial charge >= 0.3 is 0 Å². The van der Waals surface area contributed by atoms with E-state index in [1.165, 1.54) is 0 Å². The Balaban J connectivity index is 0.000000156. The van der Waals surface area contributed by atoms with Crippen LogP contribution in [0.2, 0.25) is 15.2 Å². The first-order valence-electron chi connectivity index (χ1n) is 12.6. The van der Waals surface area contributed by atoms with Crippen molar-refractivity contribution < 1.29 is 4.74 Å². The summed E-state index contributed by atoms with van der Waals surface area (Å²) in [7, 11) is 0. The Labute approximate surface area is 250 Å². The lowest BCUT2D eigenvalue weighted by molar-refractivity contribution is 0.289. The van der Waals surface area contributed by atoms with Crippen molar-refractivity contribution >= 4 is 46.1 Å². The minimum atomic E-state index is 0.429. The summed E-state index contributed by atoms with van der Waals surface area (Å²) >= 11 is 17.9. The quantitative estimate of drug-likeness (QED) is 0.199. The first kappa shape index (κ1) is 26.8. The van der Waals surface area contributed by atoms with E-state index in [9.17, 15) is 0 Å². The maximum Gasteiger partial charge on any atom is 0.232 e. The number of aromatic nitrogens is 6. The van der Waals surface area contributed by atoms with Crippen LogP contribution >= 0.6 is 34.8 Å². The number of imidazole rings is 2. The number of ether oxygens (including phenoxy) is 1. The van der Waals surface area contributed by atoms with E-state index >= 15 is 0 Å². The second kappa shape index (κ2) is 12.0. The zero-order valence-electron chi connectivity index (χ0n) is 21.4. The van der Waals surface area contributed by atoms with Gasteiger partial charge in [-0.05, 0) is 48.0 Å². The van der Waals surface area contributed by atoms with E-state index in [4.69, 9.17) is 39.5 Å². The summed E-state index contributed by atoms with van der Waals surface area (Å²) in [5, 5.41) is 10.6. The van der Waals surface area contributed by atoms with Gasteiger partial charge in [-0.25, -0.2) is 19.0 Å². The number of fused-ring (bicyclic) bond motifs is 2. The largest absolute Gasteiger partial charge is 0.472 e. The fraction of sp³-hybridized carbons (Fsp3) is 0.0323. The molecular formula is C31H21Cl3N6O. The Hall–Kier alpha value is -4.43. The Bertz CT molecular complexity index is 1950. The Morgan fingerprint density at radius 3 is 1.78 bits per heavy atom. The van der Waals surface area contributed by atoms with Gasteiger partial charge in [0.05, 0.1) is 23.8 Å². The number of hydrogen-bond donors (Lipinski definition) is 0. The van der Waals surface area contributed by atoms with Crippen molar-refractivity contribution in [3.63, 3.8) is 0 Å². The average Bonchev–Trinajstić information content (AvgIpc) is 3.61. The molecule has 0 spiro atoms. The number of hydrogen-bond acceptors (Lipinski definition) is 5. The highest BCUT2D eigenvalue weighted by Crippen LogP contribution is 2.25. The maximum atomic E-state index is 6.09. The Morgan fingerprint density at radius 1 is 0.585 bits per heavy atom. The minimum Gasteiger partial charge on any atom is -0.472 e. The zero-order valence-corrected chi connectivity index (χ0v) is 23.7. The summed E-state index contributed by atoms with van der Waals surface area (Å²) in [5.74, 6) is 0.549. The average molecular weight is 600 g/mol. The first-order chi connectivity index (χ1) is 20.0. The maximum absolute atomic E-state index is 6.09. The minimum absolute atomic E-state index is 0.429. The van der Waals surface area contributed by atoms with Crippen LogP contribution in [0.4, 0.5) is 0 Å². The van der Waals surface area contributed by atoms with Gasteiger partial charge in [0.1, 0.15) is 11.8 Å². The Kier molecular flexibility index (Phi) is 7.82. The van der Waals surface area contributed by atoms with E-state index in [-0.39, 0.29) is 0 Å². The van der Waals surface area contributed by atoms with Crippen LogP contribution in [0.25, 0.3) is 33.8 Å². The molecule has 7 nitrogen and oxygen atoms in total. The highest BCUT2D eigenvalue weighted by Gasteiger charge is 2.10. The molecule has 0 fully saturated rings. The van der Waals surface area contributed by atoms with Crippen LogP contribution in [0.5, 0.6) is 5.88 Å². The van der Waals surface area contributed by atoms with Crippen molar-refractivity contribution in [2.45, 2.75) is 6.61 Å². The number of nitrogens with zero attached hydrogens (tertiary/aromatic N) is 6. The molecule has 0 saturated heterocycles. The van der Waals surface area contributed by atoms with Gasteiger partial charge < -0.3 is 4.74 Å². The monoisotopic (exact) mass is 598 g/mol. The van der Waals surface area contributed by atoms with Crippen LogP contribution in [0, 0.1) is 0 Å². The van der Waals surface area contributed by atoms with E-state index in [1.807, 2.05) is 97.1 Å². The fourth-order valence-corrected chi connectivity index (χ4v) is 4.72.